The topological polar surface area (TPSA) is 42.1 Å². The molecule has 3 aromatic rings. The molecule has 0 aliphatic heterocycles. The van der Waals surface area contributed by atoms with Gasteiger partial charge in [-0.15, -0.1) is 0 Å². The summed E-state index contributed by atoms with van der Waals surface area (Å²) in [5, 5.41) is 3.36. The predicted molar refractivity (Wildman–Crippen MR) is 71.8 cm³/mol. The SMILES string of the molecule is CCOC(=O)c1cc2c(ccc3ccccc32)[nH]1. The highest BCUT2D eigenvalue weighted by Gasteiger charge is 2.11. The monoisotopic (exact) mass is 239 g/mol. The fourth-order valence-corrected chi connectivity index (χ4v) is 2.20. The van der Waals surface area contributed by atoms with Crippen molar-refractivity contribution in [2.75, 3.05) is 6.61 Å². The van der Waals surface area contributed by atoms with Gasteiger partial charge in [0.2, 0.25) is 0 Å². The third-order valence-corrected chi connectivity index (χ3v) is 3.02. The maximum atomic E-state index is 11.7. The molecule has 0 saturated carbocycles. The van der Waals surface area contributed by atoms with Gasteiger partial charge in [0.15, 0.2) is 0 Å². The first-order valence-corrected chi connectivity index (χ1v) is 5.97. The number of hydrogen-bond donors (Lipinski definition) is 1. The first kappa shape index (κ1) is 10.8. The highest BCUT2D eigenvalue weighted by atomic mass is 16.5. The summed E-state index contributed by atoms with van der Waals surface area (Å²) >= 11 is 0. The number of nitrogens with one attached hydrogen (secondary N) is 1. The molecule has 0 spiro atoms. The third-order valence-electron chi connectivity index (χ3n) is 3.02. The highest BCUT2D eigenvalue weighted by molar-refractivity contribution is 6.09. The highest BCUT2D eigenvalue weighted by Crippen LogP contribution is 2.26. The predicted octanol–water partition coefficient (Wildman–Crippen LogP) is 3.50. The smallest absolute Gasteiger partial charge is 0.354 e. The number of rotatable bonds is 2. The second-order valence-electron chi connectivity index (χ2n) is 4.15. The summed E-state index contributed by atoms with van der Waals surface area (Å²) in [6.45, 7) is 2.19. The molecule has 2 aromatic carbocycles. The molecule has 1 aromatic heterocycles. The summed E-state index contributed by atoms with van der Waals surface area (Å²) in [6, 6.07) is 14.0. The van der Waals surface area contributed by atoms with Crippen LogP contribution in [-0.2, 0) is 4.74 Å². The largest absolute Gasteiger partial charge is 0.461 e. The number of esters is 1. The van der Waals surface area contributed by atoms with E-state index in [2.05, 4.69) is 17.1 Å². The van der Waals surface area contributed by atoms with Crippen LogP contribution in [0.2, 0.25) is 0 Å². The van der Waals surface area contributed by atoms with Crippen LogP contribution in [0.15, 0.2) is 42.5 Å². The first-order chi connectivity index (χ1) is 8.79. The number of fused-ring (bicyclic) bond motifs is 3. The lowest BCUT2D eigenvalue weighted by Crippen LogP contribution is -2.04. The summed E-state index contributed by atoms with van der Waals surface area (Å²) in [4.78, 5) is 14.8. The van der Waals surface area contributed by atoms with Crippen molar-refractivity contribution in [3.05, 3.63) is 48.2 Å². The van der Waals surface area contributed by atoms with Crippen LogP contribution in [-0.4, -0.2) is 17.6 Å². The van der Waals surface area contributed by atoms with Crippen LogP contribution in [0.25, 0.3) is 21.7 Å². The van der Waals surface area contributed by atoms with E-state index in [0.29, 0.717) is 12.3 Å². The Morgan fingerprint density at radius 1 is 1.17 bits per heavy atom. The maximum Gasteiger partial charge on any atom is 0.354 e. The van der Waals surface area contributed by atoms with Crippen LogP contribution in [0, 0.1) is 0 Å². The average Bonchev–Trinajstić information content (AvgIpc) is 2.83. The van der Waals surface area contributed by atoms with Gasteiger partial charge in [-0.05, 0) is 29.8 Å². The maximum absolute atomic E-state index is 11.7. The van der Waals surface area contributed by atoms with E-state index in [1.54, 1.807) is 6.92 Å². The standard InChI is InChI=1S/C15H13NO2/c1-2-18-15(17)14-9-12-11-6-4-3-5-10(11)7-8-13(12)16-14/h3-9,16H,2H2,1H3. The van der Waals surface area contributed by atoms with Crippen molar-refractivity contribution in [3.63, 3.8) is 0 Å². The van der Waals surface area contributed by atoms with E-state index in [1.165, 1.54) is 5.39 Å². The second kappa shape index (κ2) is 4.18. The molecule has 0 radical (unpaired) electrons. The lowest BCUT2D eigenvalue weighted by molar-refractivity contribution is 0.0520. The van der Waals surface area contributed by atoms with Gasteiger partial charge < -0.3 is 9.72 Å². The van der Waals surface area contributed by atoms with Gasteiger partial charge >= 0.3 is 5.97 Å². The molecule has 0 aliphatic rings. The molecule has 1 heterocycles. The van der Waals surface area contributed by atoms with Crippen LogP contribution >= 0.6 is 0 Å². The Labute approximate surface area is 104 Å². The van der Waals surface area contributed by atoms with Gasteiger partial charge in [0.05, 0.1) is 6.61 Å². The molecule has 0 bridgehead atoms. The number of hydrogen-bond acceptors (Lipinski definition) is 2. The number of carbonyl (C=O) groups excluding carboxylic acids is 1. The Balaban J connectivity index is 2.22. The zero-order valence-electron chi connectivity index (χ0n) is 10.1. The minimum atomic E-state index is -0.308. The van der Waals surface area contributed by atoms with E-state index in [1.807, 2.05) is 30.3 Å². The average molecular weight is 239 g/mol. The van der Waals surface area contributed by atoms with Crippen molar-refractivity contribution in [1.29, 1.82) is 0 Å². The van der Waals surface area contributed by atoms with E-state index in [4.69, 9.17) is 4.74 Å². The fourth-order valence-electron chi connectivity index (χ4n) is 2.20. The van der Waals surface area contributed by atoms with Crippen molar-refractivity contribution in [1.82, 2.24) is 4.98 Å². The van der Waals surface area contributed by atoms with Crippen LogP contribution in [0.5, 0.6) is 0 Å². The van der Waals surface area contributed by atoms with Gasteiger partial charge in [-0.3, -0.25) is 0 Å². The molecule has 0 amide bonds. The van der Waals surface area contributed by atoms with Gasteiger partial charge in [0.1, 0.15) is 5.69 Å². The van der Waals surface area contributed by atoms with Crippen molar-refractivity contribution in [3.8, 4) is 0 Å². The van der Waals surface area contributed by atoms with Crippen LogP contribution in [0.4, 0.5) is 0 Å². The molecule has 1 N–H and O–H groups in total. The molecule has 0 atom stereocenters. The molecular formula is C15H13NO2. The first-order valence-electron chi connectivity index (χ1n) is 5.97. The molecule has 3 nitrogen and oxygen atoms in total. The Kier molecular flexibility index (Phi) is 2.52. The summed E-state index contributed by atoms with van der Waals surface area (Å²) in [7, 11) is 0. The van der Waals surface area contributed by atoms with Crippen LogP contribution in [0.1, 0.15) is 17.4 Å². The van der Waals surface area contributed by atoms with Crippen molar-refractivity contribution >= 4 is 27.6 Å². The fraction of sp³-hybridized carbons (Fsp3) is 0.133. The van der Waals surface area contributed by atoms with E-state index in [0.717, 1.165) is 16.3 Å². The van der Waals surface area contributed by atoms with Gasteiger partial charge in [0, 0.05) is 10.9 Å². The molecule has 90 valence electrons. The third kappa shape index (κ3) is 1.64. The number of carbonyl (C=O) groups is 1. The minimum absolute atomic E-state index is 0.308. The number of benzene rings is 2. The van der Waals surface area contributed by atoms with Gasteiger partial charge in [-0.2, -0.15) is 0 Å². The molecule has 0 unspecified atom stereocenters. The minimum Gasteiger partial charge on any atom is -0.461 e. The quantitative estimate of drug-likeness (QED) is 0.695. The van der Waals surface area contributed by atoms with Gasteiger partial charge in [-0.1, -0.05) is 30.3 Å². The van der Waals surface area contributed by atoms with Crippen molar-refractivity contribution in [2.24, 2.45) is 0 Å². The van der Waals surface area contributed by atoms with Crippen molar-refractivity contribution in [2.45, 2.75) is 6.92 Å². The number of aromatic nitrogens is 1. The Hall–Kier alpha value is -2.29. The molecule has 0 saturated heterocycles. The molecule has 0 aliphatic carbocycles. The normalized spacial score (nSPS) is 10.9. The Bertz CT molecular complexity index is 728. The number of ether oxygens (including phenoxy) is 1. The molecule has 3 rings (SSSR count). The Morgan fingerprint density at radius 2 is 2.00 bits per heavy atom. The zero-order valence-corrected chi connectivity index (χ0v) is 10.1. The molecular weight excluding hydrogens is 226 g/mol. The molecule has 0 fully saturated rings. The van der Waals surface area contributed by atoms with Crippen LogP contribution < -0.4 is 0 Å². The van der Waals surface area contributed by atoms with Gasteiger partial charge in [0.25, 0.3) is 0 Å². The van der Waals surface area contributed by atoms with Crippen LogP contribution in [0.3, 0.4) is 0 Å². The summed E-state index contributed by atoms with van der Waals surface area (Å²) in [5.41, 5.74) is 1.46. The summed E-state index contributed by atoms with van der Waals surface area (Å²) in [5.74, 6) is -0.308. The summed E-state index contributed by atoms with van der Waals surface area (Å²) < 4.78 is 5.00. The lowest BCUT2D eigenvalue weighted by atomic mass is 10.1. The summed E-state index contributed by atoms with van der Waals surface area (Å²) in [6.07, 6.45) is 0. The number of aromatic amines is 1. The van der Waals surface area contributed by atoms with E-state index < -0.39 is 0 Å². The van der Waals surface area contributed by atoms with E-state index >= 15 is 0 Å². The van der Waals surface area contributed by atoms with E-state index in [-0.39, 0.29) is 5.97 Å². The van der Waals surface area contributed by atoms with Gasteiger partial charge in [-0.25, -0.2) is 4.79 Å². The zero-order chi connectivity index (χ0) is 12.5. The van der Waals surface area contributed by atoms with Crippen molar-refractivity contribution < 1.29 is 9.53 Å². The second-order valence-corrected chi connectivity index (χ2v) is 4.15. The lowest BCUT2D eigenvalue weighted by Gasteiger charge is -1.97. The number of H-pyrrole nitrogens is 1. The van der Waals surface area contributed by atoms with E-state index in [9.17, 15) is 4.79 Å². The molecule has 3 heteroatoms. The Morgan fingerprint density at radius 3 is 2.83 bits per heavy atom. The molecule has 18 heavy (non-hydrogen) atoms.